The number of hydrogen-bond acceptors (Lipinski definition) is 5. The van der Waals surface area contributed by atoms with Crippen molar-refractivity contribution in [2.75, 3.05) is 52.5 Å². The molecule has 1 saturated heterocycles. The Hall–Kier alpha value is -2.06. The molecule has 0 radical (unpaired) electrons. The Kier molecular flexibility index (Phi) is 8.79. The van der Waals surface area contributed by atoms with Gasteiger partial charge in [0.15, 0.2) is 11.7 Å². The third-order valence-electron chi connectivity index (χ3n) is 4.84. The zero-order valence-electron chi connectivity index (χ0n) is 17.6. The number of hydrogen-bond donors (Lipinski definition) is 3. The van der Waals surface area contributed by atoms with Gasteiger partial charge in [0.05, 0.1) is 26.0 Å². The lowest BCUT2D eigenvalue weighted by atomic mass is 10.0. The molecule has 8 nitrogen and oxygen atoms in total. The zero-order valence-corrected chi connectivity index (χ0v) is 17.6. The molecular weight excluding hydrogens is 358 g/mol. The highest BCUT2D eigenvalue weighted by Crippen LogP contribution is 2.16. The van der Waals surface area contributed by atoms with E-state index in [4.69, 9.17) is 14.1 Å². The first-order valence-electron chi connectivity index (χ1n) is 10.1. The van der Waals surface area contributed by atoms with Crippen molar-refractivity contribution < 1.29 is 13.9 Å². The molecule has 2 heterocycles. The van der Waals surface area contributed by atoms with Gasteiger partial charge in [-0.1, -0.05) is 0 Å². The smallest absolute Gasteiger partial charge is 0.287 e. The Morgan fingerprint density at radius 3 is 2.57 bits per heavy atom. The summed E-state index contributed by atoms with van der Waals surface area (Å²) in [6, 6.07) is 1.79. The molecule has 158 valence electrons. The van der Waals surface area contributed by atoms with Crippen LogP contribution in [0.15, 0.2) is 21.7 Å². The summed E-state index contributed by atoms with van der Waals surface area (Å²) in [5, 5.41) is 9.50. The highest BCUT2D eigenvalue weighted by atomic mass is 16.5. The Morgan fingerprint density at radius 1 is 1.21 bits per heavy atom. The molecule has 0 spiro atoms. The predicted octanol–water partition coefficient (Wildman–Crippen LogP) is 1.37. The van der Waals surface area contributed by atoms with Gasteiger partial charge in [-0.3, -0.25) is 14.7 Å². The average molecular weight is 394 g/mol. The lowest BCUT2D eigenvalue weighted by molar-refractivity contribution is -0.00683. The Labute approximate surface area is 168 Å². The van der Waals surface area contributed by atoms with Gasteiger partial charge in [-0.2, -0.15) is 0 Å². The highest BCUT2D eigenvalue weighted by molar-refractivity contribution is 5.92. The van der Waals surface area contributed by atoms with E-state index in [2.05, 4.69) is 41.6 Å². The minimum atomic E-state index is -0.171. The van der Waals surface area contributed by atoms with Crippen molar-refractivity contribution in [1.29, 1.82) is 0 Å². The van der Waals surface area contributed by atoms with Crippen LogP contribution in [0.25, 0.3) is 0 Å². The third-order valence-corrected chi connectivity index (χ3v) is 4.84. The number of aryl methyl sites for hydroxylation is 1. The van der Waals surface area contributed by atoms with Crippen molar-refractivity contribution >= 4 is 11.9 Å². The van der Waals surface area contributed by atoms with Crippen molar-refractivity contribution in [3.8, 4) is 0 Å². The van der Waals surface area contributed by atoms with Gasteiger partial charge in [0, 0.05) is 43.8 Å². The van der Waals surface area contributed by atoms with Crippen LogP contribution in [0, 0.1) is 6.92 Å². The van der Waals surface area contributed by atoms with Gasteiger partial charge < -0.3 is 25.1 Å². The second kappa shape index (κ2) is 11.1. The van der Waals surface area contributed by atoms with Crippen LogP contribution in [0.2, 0.25) is 0 Å². The second-order valence-electron chi connectivity index (χ2n) is 7.58. The fourth-order valence-electron chi connectivity index (χ4n) is 3.07. The molecule has 1 aliphatic rings. The predicted molar refractivity (Wildman–Crippen MR) is 111 cm³/mol. The van der Waals surface area contributed by atoms with Crippen molar-refractivity contribution in [2.24, 2.45) is 4.99 Å². The molecule has 0 atom stereocenters. The third kappa shape index (κ3) is 6.83. The molecule has 28 heavy (non-hydrogen) atoms. The quantitative estimate of drug-likeness (QED) is 0.334. The zero-order chi connectivity index (χ0) is 20.4. The number of aliphatic imine (C=N–C) groups is 1. The molecule has 0 aliphatic carbocycles. The second-order valence-corrected chi connectivity index (χ2v) is 7.58. The summed E-state index contributed by atoms with van der Waals surface area (Å²) < 4.78 is 10.6. The number of nitrogens with one attached hydrogen (secondary N) is 3. The van der Waals surface area contributed by atoms with Crippen LogP contribution in [-0.2, 0) is 4.74 Å². The summed E-state index contributed by atoms with van der Waals surface area (Å²) in [6.07, 6.45) is 2.33. The lowest BCUT2D eigenvalue weighted by Gasteiger charge is -2.39. The number of furan rings is 1. The van der Waals surface area contributed by atoms with E-state index >= 15 is 0 Å². The van der Waals surface area contributed by atoms with Crippen LogP contribution < -0.4 is 16.0 Å². The Balaban J connectivity index is 1.73. The Bertz CT molecular complexity index is 636. The monoisotopic (exact) mass is 393 g/mol. The molecule has 3 N–H and O–H groups in total. The van der Waals surface area contributed by atoms with Crippen LogP contribution >= 0.6 is 0 Å². The van der Waals surface area contributed by atoms with Crippen LogP contribution in [0.1, 0.15) is 43.3 Å². The summed E-state index contributed by atoms with van der Waals surface area (Å²) in [6.45, 7) is 14.6. The van der Waals surface area contributed by atoms with Crippen LogP contribution in [0.5, 0.6) is 0 Å². The van der Waals surface area contributed by atoms with Crippen LogP contribution in [-0.4, -0.2) is 74.8 Å². The van der Waals surface area contributed by atoms with E-state index in [0.717, 1.165) is 57.3 Å². The van der Waals surface area contributed by atoms with Gasteiger partial charge in [-0.25, -0.2) is 0 Å². The standard InChI is InChI=1S/C20H35N5O3/c1-5-21-19(24-15-20(3,4)25-10-13-27-14-11-25)23-9-6-8-22-18(26)17-16(2)7-12-28-17/h7,12H,5-6,8-11,13-15H2,1-4H3,(H,22,26)(H2,21,23,24). The van der Waals surface area contributed by atoms with Gasteiger partial charge in [0.2, 0.25) is 0 Å². The topological polar surface area (TPSA) is 91.1 Å². The first-order valence-corrected chi connectivity index (χ1v) is 10.1. The van der Waals surface area contributed by atoms with Crippen molar-refractivity contribution in [1.82, 2.24) is 20.9 Å². The highest BCUT2D eigenvalue weighted by Gasteiger charge is 2.28. The molecule has 2 rings (SSSR count). The minimum Gasteiger partial charge on any atom is -0.459 e. The van der Waals surface area contributed by atoms with E-state index in [9.17, 15) is 4.79 Å². The first-order chi connectivity index (χ1) is 13.4. The number of amides is 1. The fraction of sp³-hybridized carbons (Fsp3) is 0.700. The summed E-state index contributed by atoms with van der Waals surface area (Å²) in [7, 11) is 0. The number of carbonyl (C=O) groups is 1. The number of morpholine rings is 1. The molecule has 0 bridgehead atoms. The van der Waals surface area contributed by atoms with E-state index in [1.807, 2.05) is 6.92 Å². The van der Waals surface area contributed by atoms with Crippen molar-refractivity contribution in [3.63, 3.8) is 0 Å². The van der Waals surface area contributed by atoms with Crippen molar-refractivity contribution in [2.45, 2.75) is 39.7 Å². The molecule has 1 aromatic rings. The fourth-order valence-corrected chi connectivity index (χ4v) is 3.07. The molecule has 1 aliphatic heterocycles. The molecule has 8 heteroatoms. The maximum atomic E-state index is 12.0. The minimum absolute atomic E-state index is 0.0129. The molecule has 0 aromatic carbocycles. The summed E-state index contributed by atoms with van der Waals surface area (Å²) >= 11 is 0. The van der Waals surface area contributed by atoms with E-state index in [-0.39, 0.29) is 11.4 Å². The Morgan fingerprint density at radius 2 is 1.93 bits per heavy atom. The van der Waals surface area contributed by atoms with Gasteiger partial charge in [-0.15, -0.1) is 0 Å². The van der Waals surface area contributed by atoms with Crippen LogP contribution in [0.4, 0.5) is 0 Å². The molecule has 0 unspecified atom stereocenters. The average Bonchev–Trinajstić information content (AvgIpc) is 3.12. The molecule has 1 amide bonds. The van der Waals surface area contributed by atoms with Gasteiger partial charge in [-0.05, 0) is 40.2 Å². The van der Waals surface area contributed by atoms with Gasteiger partial charge >= 0.3 is 0 Å². The summed E-state index contributed by atoms with van der Waals surface area (Å²) in [5.74, 6) is 1.01. The number of guanidine groups is 1. The van der Waals surface area contributed by atoms with E-state index < -0.39 is 0 Å². The van der Waals surface area contributed by atoms with Gasteiger partial charge in [0.1, 0.15) is 0 Å². The normalized spacial score (nSPS) is 16.1. The van der Waals surface area contributed by atoms with E-state index in [1.54, 1.807) is 6.07 Å². The number of nitrogens with zero attached hydrogens (tertiary/aromatic N) is 2. The first kappa shape index (κ1) is 22.2. The maximum Gasteiger partial charge on any atom is 0.287 e. The van der Waals surface area contributed by atoms with E-state index in [0.29, 0.717) is 18.8 Å². The molecule has 1 fully saturated rings. The number of rotatable bonds is 9. The van der Waals surface area contributed by atoms with Crippen LogP contribution in [0.3, 0.4) is 0 Å². The van der Waals surface area contributed by atoms with Gasteiger partial charge in [0.25, 0.3) is 5.91 Å². The van der Waals surface area contributed by atoms with E-state index in [1.165, 1.54) is 6.26 Å². The SMILES string of the molecule is CCNC(=NCC(C)(C)N1CCOCC1)NCCCNC(=O)c1occc1C. The van der Waals surface area contributed by atoms with Crippen molar-refractivity contribution in [3.05, 3.63) is 23.7 Å². The largest absolute Gasteiger partial charge is 0.459 e. The maximum absolute atomic E-state index is 12.0. The summed E-state index contributed by atoms with van der Waals surface area (Å²) in [5.41, 5.74) is 0.834. The lowest BCUT2D eigenvalue weighted by Crippen LogP contribution is -2.52. The summed E-state index contributed by atoms with van der Waals surface area (Å²) in [4.78, 5) is 19.2. The number of ether oxygens (including phenoxy) is 1. The number of carbonyl (C=O) groups excluding carboxylic acids is 1. The molecule has 0 saturated carbocycles. The molecular formula is C20H35N5O3. The molecule has 1 aromatic heterocycles.